The predicted molar refractivity (Wildman–Crippen MR) is 70.9 cm³/mol. The van der Waals surface area contributed by atoms with E-state index in [1.54, 1.807) is 0 Å². The number of rotatable bonds is 9. The number of nitrogens with one attached hydrogen (secondary N) is 1. The second-order valence-corrected chi connectivity index (χ2v) is 4.85. The van der Waals surface area contributed by atoms with Crippen molar-refractivity contribution >= 4 is 11.9 Å². The first-order chi connectivity index (χ1) is 8.47. The summed E-state index contributed by atoms with van der Waals surface area (Å²) >= 11 is 0. The topological polar surface area (TPSA) is 66.4 Å². The molecule has 0 spiro atoms. The largest absolute Gasteiger partial charge is 0.480 e. The van der Waals surface area contributed by atoms with Crippen LogP contribution in [0.4, 0.5) is 0 Å². The molecule has 0 bridgehead atoms. The Morgan fingerprint density at radius 1 is 1.28 bits per heavy atom. The molecule has 0 saturated carbocycles. The van der Waals surface area contributed by atoms with Gasteiger partial charge in [-0.15, -0.1) is 12.3 Å². The highest BCUT2D eigenvalue weighted by Gasteiger charge is 2.20. The SMILES string of the molecule is C#CCCCCCC(=O)N[C@@H](CC(C)C)C(=O)O. The Bertz CT molecular complexity index is 305. The fourth-order valence-electron chi connectivity index (χ4n) is 1.65. The Kier molecular flexibility index (Phi) is 8.73. The summed E-state index contributed by atoms with van der Waals surface area (Å²) in [5, 5.41) is 11.5. The maximum absolute atomic E-state index is 11.6. The number of unbranched alkanes of at least 4 members (excludes halogenated alkanes) is 3. The first-order valence-electron chi connectivity index (χ1n) is 6.43. The first-order valence-corrected chi connectivity index (χ1v) is 6.43. The van der Waals surface area contributed by atoms with Crippen LogP contribution in [0.25, 0.3) is 0 Å². The molecule has 1 atom stereocenters. The fraction of sp³-hybridized carbons (Fsp3) is 0.714. The quantitative estimate of drug-likeness (QED) is 0.489. The van der Waals surface area contributed by atoms with Crippen molar-refractivity contribution in [2.24, 2.45) is 5.92 Å². The summed E-state index contributed by atoms with van der Waals surface area (Å²) in [4.78, 5) is 22.5. The lowest BCUT2D eigenvalue weighted by atomic mass is 10.0. The first kappa shape index (κ1) is 16.5. The molecule has 0 radical (unpaired) electrons. The third kappa shape index (κ3) is 8.63. The molecule has 0 heterocycles. The molecule has 4 heteroatoms. The molecule has 18 heavy (non-hydrogen) atoms. The maximum atomic E-state index is 11.6. The van der Waals surface area contributed by atoms with Gasteiger partial charge in [0.25, 0.3) is 0 Å². The molecule has 0 unspecified atom stereocenters. The Hall–Kier alpha value is -1.50. The lowest BCUT2D eigenvalue weighted by molar-refractivity contribution is -0.142. The van der Waals surface area contributed by atoms with E-state index in [9.17, 15) is 9.59 Å². The van der Waals surface area contributed by atoms with Gasteiger partial charge in [-0.3, -0.25) is 4.79 Å². The Morgan fingerprint density at radius 3 is 2.44 bits per heavy atom. The van der Waals surface area contributed by atoms with Crippen LogP contribution >= 0.6 is 0 Å². The lowest BCUT2D eigenvalue weighted by Crippen LogP contribution is -2.41. The summed E-state index contributed by atoms with van der Waals surface area (Å²) in [6, 6.07) is -0.775. The summed E-state index contributed by atoms with van der Waals surface area (Å²) < 4.78 is 0. The summed E-state index contributed by atoms with van der Waals surface area (Å²) in [5.41, 5.74) is 0. The number of carboxylic acids is 1. The third-order valence-corrected chi connectivity index (χ3v) is 2.57. The molecular formula is C14H23NO3. The van der Waals surface area contributed by atoms with E-state index in [0.29, 0.717) is 12.8 Å². The molecule has 0 saturated heterocycles. The van der Waals surface area contributed by atoms with Gasteiger partial charge in [0.05, 0.1) is 0 Å². The average molecular weight is 253 g/mol. The number of terminal acetylenes is 1. The van der Waals surface area contributed by atoms with Crippen LogP contribution in [0.3, 0.4) is 0 Å². The zero-order valence-corrected chi connectivity index (χ0v) is 11.2. The van der Waals surface area contributed by atoms with E-state index < -0.39 is 12.0 Å². The van der Waals surface area contributed by atoms with Gasteiger partial charge in [-0.05, 0) is 25.2 Å². The Morgan fingerprint density at radius 2 is 1.94 bits per heavy atom. The van der Waals surface area contributed by atoms with E-state index in [1.165, 1.54) is 0 Å². The molecule has 0 fully saturated rings. The molecule has 0 aliphatic rings. The number of hydrogen-bond acceptors (Lipinski definition) is 2. The minimum absolute atomic E-state index is 0.191. The van der Waals surface area contributed by atoms with Crippen molar-refractivity contribution < 1.29 is 14.7 Å². The van der Waals surface area contributed by atoms with Gasteiger partial charge in [-0.2, -0.15) is 0 Å². The molecule has 102 valence electrons. The van der Waals surface area contributed by atoms with E-state index >= 15 is 0 Å². The normalized spacial score (nSPS) is 11.9. The van der Waals surface area contributed by atoms with E-state index in [2.05, 4.69) is 11.2 Å². The van der Waals surface area contributed by atoms with Crippen molar-refractivity contribution in [1.82, 2.24) is 5.32 Å². The van der Waals surface area contributed by atoms with Crippen LogP contribution in [0.2, 0.25) is 0 Å². The number of carbonyl (C=O) groups excluding carboxylic acids is 1. The van der Waals surface area contributed by atoms with Gasteiger partial charge in [0.1, 0.15) is 6.04 Å². The zero-order chi connectivity index (χ0) is 14.0. The molecule has 0 aliphatic heterocycles. The highest BCUT2D eigenvalue weighted by Crippen LogP contribution is 2.07. The molecule has 4 nitrogen and oxygen atoms in total. The van der Waals surface area contributed by atoms with Crippen LogP contribution in [0.5, 0.6) is 0 Å². The van der Waals surface area contributed by atoms with Crippen LogP contribution in [0.15, 0.2) is 0 Å². The van der Waals surface area contributed by atoms with Gasteiger partial charge in [-0.25, -0.2) is 4.79 Å². The number of carboxylic acid groups (broad SMARTS) is 1. The van der Waals surface area contributed by atoms with Gasteiger partial charge < -0.3 is 10.4 Å². The standard InChI is InChI=1S/C14H23NO3/c1-4-5-6-7-8-9-13(16)15-12(14(17)18)10-11(2)3/h1,11-12H,5-10H2,2-3H3,(H,15,16)(H,17,18)/t12-/m0/s1. The molecule has 2 N–H and O–H groups in total. The molecule has 1 amide bonds. The molecule has 0 aromatic carbocycles. The van der Waals surface area contributed by atoms with Crippen molar-refractivity contribution in [2.75, 3.05) is 0 Å². The third-order valence-electron chi connectivity index (χ3n) is 2.57. The summed E-state index contributed by atoms with van der Waals surface area (Å²) in [6.45, 7) is 3.86. The number of hydrogen-bond donors (Lipinski definition) is 2. The van der Waals surface area contributed by atoms with E-state index in [-0.39, 0.29) is 11.8 Å². The fourth-order valence-corrected chi connectivity index (χ4v) is 1.65. The minimum Gasteiger partial charge on any atom is -0.480 e. The summed E-state index contributed by atoms with van der Waals surface area (Å²) in [6.07, 6.45) is 9.24. The summed E-state index contributed by atoms with van der Waals surface area (Å²) in [7, 11) is 0. The molecule has 0 aromatic heterocycles. The van der Waals surface area contributed by atoms with Crippen molar-refractivity contribution in [3.8, 4) is 12.3 Å². The second kappa shape index (κ2) is 9.52. The number of carbonyl (C=O) groups is 2. The molecule has 0 aromatic rings. The van der Waals surface area contributed by atoms with Crippen LogP contribution in [0, 0.1) is 18.3 Å². The van der Waals surface area contributed by atoms with Crippen LogP contribution in [-0.2, 0) is 9.59 Å². The highest BCUT2D eigenvalue weighted by molar-refractivity contribution is 5.83. The van der Waals surface area contributed by atoms with Gasteiger partial charge >= 0.3 is 5.97 Å². The van der Waals surface area contributed by atoms with Gasteiger partial charge in [0.2, 0.25) is 5.91 Å². The van der Waals surface area contributed by atoms with Crippen molar-refractivity contribution in [1.29, 1.82) is 0 Å². The van der Waals surface area contributed by atoms with Crippen molar-refractivity contribution in [3.63, 3.8) is 0 Å². The molecular weight excluding hydrogens is 230 g/mol. The van der Waals surface area contributed by atoms with Gasteiger partial charge in [0, 0.05) is 12.8 Å². The minimum atomic E-state index is -0.968. The highest BCUT2D eigenvalue weighted by atomic mass is 16.4. The van der Waals surface area contributed by atoms with Crippen LogP contribution in [-0.4, -0.2) is 23.0 Å². The van der Waals surface area contributed by atoms with E-state index in [0.717, 1.165) is 25.7 Å². The Labute approximate surface area is 109 Å². The van der Waals surface area contributed by atoms with Crippen LogP contribution in [0.1, 0.15) is 52.4 Å². The number of aliphatic carboxylic acids is 1. The van der Waals surface area contributed by atoms with Crippen molar-refractivity contribution in [2.45, 2.75) is 58.4 Å². The second-order valence-electron chi connectivity index (χ2n) is 4.85. The lowest BCUT2D eigenvalue weighted by Gasteiger charge is -2.16. The van der Waals surface area contributed by atoms with E-state index in [1.807, 2.05) is 13.8 Å². The predicted octanol–water partition coefficient (Wildman–Crippen LogP) is 2.19. The number of amides is 1. The van der Waals surface area contributed by atoms with Crippen LogP contribution < -0.4 is 5.32 Å². The monoisotopic (exact) mass is 253 g/mol. The van der Waals surface area contributed by atoms with E-state index in [4.69, 9.17) is 11.5 Å². The van der Waals surface area contributed by atoms with Crippen molar-refractivity contribution in [3.05, 3.63) is 0 Å². The molecule has 0 aliphatic carbocycles. The Balaban J connectivity index is 3.89. The van der Waals surface area contributed by atoms with Gasteiger partial charge in [-0.1, -0.05) is 20.3 Å². The maximum Gasteiger partial charge on any atom is 0.326 e. The smallest absolute Gasteiger partial charge is 0.326 e. The molecule has 0 rings (SSSR count). The average Bonchev–Trinajstić information content (AvgIpc) is 2.27. The van der Waals surface area contributed by atoms with Gasteiger partial charge in [0.15, 0.2) is 0 Å². The summed E-state index contributed by atoms with van der Waals surface area (Å²) in [5.74, 6) is 1.63. The zero-order valence-electron chi connectivity index (χ0n) is 11.2.